The van der Waals surface area contributed by atoms with Crippen LogP contribution in [0, 0.1) is 0 Å². The average molecular weight is 351 g/mol. The topological polar surface area (TPSA) is 15.3 Å². The minimum Gasteiger partial charge on any atom is -0.370 e. The molecule has 0 unspecified atom stereocenters. The van der Waals surface area contributed by atoms with Gasteiger partial charge in [-0.1, -0.05) is 18.2 Å². The number of nitrogens with zero attached hydrogens (tertiary/aromatic N) is 1. The normalized spacial score (nSPS) is 14.5. The molecule has 1 aliphatic rings. The largest absolute Gasteiger partial charge is 0.370 e. The van der Waals surface area contributed by atoms with Crippen LogP contribution in [-0.4, -0.2) is 13.1 Å². The van der Waals surface area contributed by atoms with Gasteiger partial charge in [0, 0.05) is 31.9 Å². The molecule has 1 fully saturated rings. The molecule has 0 bridgehead atoms. The summed E-state index contributed by atoms with van der Waals surface area (Å²) in [5.41, 5.74) is 4.06. The summed E-state index contributed by atoms with van der Waals surface area (Å²) in [6.07, 6.45) is 2.67. The molecular weight excluding hydrogens is 332 g/mol. The van der Waals surface area contributed by atoms with Crippen molar-refractivity contribution in [1.82, 2.24) is 5.32 Å². The molecule has 20 heavy (non-hydrogen) atoms. The Morgan fingerprint density at radius 1 is 1.35 bits per heavy atom. The van der Waals surface area contributed by atoms with Crippen LogP contribution in [0.4, 0.5) is 5.69 Å². The number of rotatable bonds is 6. The minimum absolute atomic E-state index is 0.751. The number of para-hydroxylation sites is 1. The minimum atomic E-state index is 0.751. The maximum Gasteiger partial charge on any atom is 0.0701 e. The van der Waals surface area contributed by atoms with Gasteiger partial charge >= 0.3 is 0 Å². The van der Waals surface area contributed by atoms with E-state index in [0.717, 1.165) is 19.1 Å². The van der Waals surface area contributed by atoms with E-state index < -0.39 is 0 Å². The first-order valence-electron chi connectivity index (χ1n) is 6.98. The van der Waals surface area contributed by atoms with E-state index in [1.165, 1.54) is 33.4 Å². The summed E-state index contributed by atoms with van der Waals surface area (Å²) in [6.45, 7) is 1.92. The number of hydrogen-bond acceptors (Lipinski definition) is 3. The van der Waals surface area contributed by atoms with Crippen molar-refractivity contribution in [3.8, 4) is 0 Å². The molecular formula is C16H19BrN2S. The monoisotopic (exact) mass is 350 g/mol. The van der Waals surface area contributed by atoms with Crippen molar-refractivity contribution in [1.29, 1.82) is 0 Å². The van der Waals surface area contributed by atoms with Gasteiger partial charge in [-0.05, 0) is 57.4 Å². The zero-order valence-electron chi connectivity index (χ0n) is 11.6. The number of thiophene rings is 1. The second-order valence-corrected chi connectivity index (χ2v) is 7.69. The van der Waals surface area contributed by atoms with E-state index >= 15 is 0 Å². The molecule has 0 atom stereocenters. The summed E-state index contributed by atoms with van der Waals surface area (Å²) in [6, 6.07) is 11.6. The molecule has 106 valence electrons. The summed E-state index contributed by atoms with van der Waals surface area (Å²) in [5, 5.41) is 5.82. The van der Waals surface area contributed by atoms with Gasteiger partial charge in [0.1, 0.15) is 0 Å². The molecule has 1 aromatic heterocycles. The van der Waals surface area contributed by atoms with Crippen LogP contribution in [0.15, 0.2) is 39.5 Å². The summed E-state index contributed by atoms with van der Waals surface area (Å²) in [4.78, 5) is 2.33. The fraction of sp³-hybridized carbons (Fsp3) is 0.375. The highest BCUT2D eigenvalue weighted by molar-refractivity contribution is 9.11. The van der Waals surface area contributed by atoms with E-state index in [2.05, 4.69) is 68.9 Å². The smallest absolute Gasteiger partial charge is 0.0701 e. The van der Waals surface area contributed by atoms with Gasteiger partial charge in [-0.2, -0.15) is 0 Å². The first kappa shape index (κ1) is 14.1. The summed E-state index contributed by atoms with van der Waals surface area (Å²) < 4.78 is 1.20. The zero-order valence-corrected chi connectivity index (χ0v) is 14.0. The second-order valence-electron chi connectivity index (χ2n) is 5.40. The molecule has 1 N–H and O–H groups in total. The number of hydrogen-bond donors (Lipinski definition) is 1. The van der Waals surface area contributed by atoms with Crippen LogP contribution >= 0.6 is 27.3 Å². The molecule has 2 nitrogen and oxygen atoms in total. The van der Waals surface area contributed by atoms with Crippen LogP contribution in [0.3, 0.4) is 0 Å². The van der Waals surface area contributed by atoms with Crippen molar-refractivity contribution in [3.05, 3.63) is 50.6 Å². The van der Waals surface area contributed by atoms with E-state index in [-0.39, 0.29) is 0 Å². The third kappa shape index (κ3) is 3.62. The summed E-state index contributed by atoms with van der Waals surface area (Å²) in [5.74, 6) is 0. The van der Waals surface area contributed by atoms with Gasteiger partial charge in [-0.15, -0.1) is 11.3 Å². The Labute approximate surface area is 132 Å². The third-order valence-electron chi connectivity index (χ3n) is 3.60. The molecule has 4 heteroatoms. The Hall–Kier alpha value is -0.840. The van der Waals surface area contributed by atoms with E-state index in [4.69, 9.17) is 0 Å². The van der Waals surface area contributed by atoms with Crippen LogP contribution in [0.5, 0.6) is 0 Å². The lowest BCUT2D eigenvalue weighted by Gasteiger charge is -2.22. The predicted molar refractivity (Wildman–Crippen MR) is 90.4 cm³/mol. The van der Waals surface area contributed by atoms with Gasteiger partial charge < -0.3 is 10.2 Å². The highest BCUT2D eigenvalue weighted by Crippen LogP contribution is 2.26. The fourth-order valence-electron chi connectivity index (χ4n) is 2.36. The molecule has 1 saturated carbocycles. The second kappa shape index (κ2) is 6.29. The van der Waals surface area contributed by atoms with Gasteiger partial charge in [0.05, 0.1) is 3.79 Å². The Morgan fingerprint density at radius 2 is 2.15 bits per heavy atom. The molecule has 0 saturated heterocycles. The van der Waals surface area contributed by atoms with E-state index in [0.29, 0.717) is 0 Å². The highest BCUT2D eigenvalue weighted by Gasteiger charge is 2.20. The van der Waals surface area contributed by atoms with Crippen molar-refractivity contribution >= 4 is 33.0 Å². The summed E-state index contributed by atoms with van der Waals surface area (Å²) >= 11 is 5.28. The van der Waals surface area contributed by atoms with Crippen LogP contribution in [0.25, 0.3) is 0 Å². The first-order chi connectivity index (χ1) is 9.72. The fourth-order valence-corrected chi connectivity index (χ4v) is 3.56. The van der Waals surface area contributed by atoms with Crippen LogP contribution in [0.1, 0.15) is 24.0 Å². The Bertz CT molecular complexity index is 577. The van der Waals surface area contributed by atoms with E-state index in [1.54, 1.807) is 11.3 Å². The van der Waals surface area contributed by atoms with E-state index in [1.807, 2.05) is 0 Å². The standard InChI is InChI=1S/C16H19BrN2S/c1-19(10-12-8-16(17)20-11-12)15-5-3-2-4-13(15)9-18-14-6-7-14/h2-5,8,11,14,18H,6-7,9-10H2,1H3. The van der Waals surface area contributed by atoms with Crippen LogP contribution < -0.4 is 10.2 Å². The first-order valence-corrected chi connectivity index (χ1v) is 8.65. The van der Waals surface area contributed by atoms with Gasteiger partial charge in [0.15, 0.2) is 0 Å². The quantitative estimate of drug-likeness (QED) is 0.830. The van der Waals surface area contributed by atoms with Crippen LogP contribution in [0.2, 0.25) is 0 Å². The van der Waals surface area contributed by atoms with Crippen molar-refractivity contribution < 1.29 is 0 Å². The van der Waals surface area contributed by atoms with Crippen molar-refractivity contribution in [2.45, 2.75) is 32.0 Å². The molecule has 3 rings (SSSR count). The number of anilines is 1. The molecule has 0 aliphatic heterocycles. The number of halogens is 1. The predicted octanol–water partition coefficient (Wildman–Crippen LogP) is 4.40. The molecule has 0 spiro atoms. The lowest BCUT2D eigenvalue weighted by molar-refractivity contribution is 0.685. The van der Waals surface area contributed by atoms with Gasteiger partial charge in [0.2, 0.25) is 0 Å². The van der Waals surface area contributed by atoms with Gasteiger partial charge in [-0.25, -0.2) is 0 Å². The Morgan fingerprint density at radius 3 is 2.85 bits per heavy atom. The zero-order chi connectivity index (χ0) is 13.9. The molecule has 1 heterocycles. The SMILES string of the molecule is CN(Cc1csc(Br)c1)c1ccccc1CNC1CC1. The molecule has 2 aromatic rings. The highest BCUT2D eigenvalue weighted by atomic mass is 79.9. The maximum atomic E-state index is 3.60. The van der Waals surface area contributed by atoms with Gasteiger partial charge in [0.25, 0.3) is 0 Å². The Balaban J connectivity index is 1.70. The number of benzene rings is 1. The summed E-state index contributed by atoms with van der Waals surface area (Å²) in [7, 11) is 2.17. The van der Waals surface area contributed by atoms with Crippen molar-refractivity contribution in [3.63, 3.8) is 0 Å². The lowest BCUT2D eigenvalue weighted by atomic mass is 10.1. The van der Waals surface area contributed by atoms with E-state index in [9.17, 15) is 0 Å². The molecule has 0 radical (unpaired) electrons. The van der Waals surface area contributed by atoms with Crippen molar-refractivity contribution in [2.75, 3.05) is 11.9 Å². The molecule has 1 aliphatic carbocycles. The number of nitrogens with one attached hydrogen (secondary N) is 1. The van der Waals surface area contributed by atoms with Gasteiger partial charge in [-0.3, -0.25) is 0 Å². The maximum absolute atomic E-state index is 3.60. The Kier molecular flexibility index (Phi) is 4.44. The molecule has 1 aromatic carbocycles. The third-order valence-corrected chi connectivity index (χ3v) is 5.16. The van der Waals surface area contributed by atoms with Crippen LogP contribution in [-0.2, 0) is 13.1 Å². The molecule has 0 amide bonds. The van der Waals surface area contributed by atoms with Crippen molar-refractivity contribution in [2.24, 2.45) is 0 Å². The lowest BCUT2D eigenvalue weighted by Crippen LogP contribution is -2.21. The average Bonchev–Trinajstić information content (AvgIpc) is 3.19.